The summed E-state index contributed by atoms with van der Waals surface area (Å²) in [4.78, 5) is 16.3. The van der Waals surface area contributed by atoms with Crippen LogP contribution in [-0.2, 0) is 11.2 Å². The fraction of sp³-hybridized carbons (Fsp3) is 0.0526. The van der Waals surface area contributed by atoms with Gasteiger partial charge in [0.2, 0.25) is 5.91 Å². The lowest BCUT2D eigenvalue weighted by molar-refractivity contribution is -0.115. The molecule has 4 nitrogen and oxygen atoms in total. The average Bonchev–Trinajstić information content (AvgIpc) is 2.58. The lowest BCUT2D eigenvalue weighted by Gasteiger charge is -2.09. The highest BCUT2D eigenvalue weighted by molar-refractivity contribution is 6.35. The first kappa shape index (κ1) is 18.2. The molecule has 3 aromatic rings. The van der Waals surface area contributed by atoms with Gasteiger partial charge in [-0.25, -0.2) is 9.37 Å². The van der Waals surface area contributed by atoms with E-state index in [4.69, 9.17) is 23.2 Å². The van der Waals surface area contributed by atoms with Crippen molar-refractivity contribution in [1.29, 1.82) is 0 Å². The fourth-order valence-electron chi connectivity index (χ4n) is 2.34. The van der Waals surface area contributed by atoms with E-state index in [1.54, 1.807) is 48.5 Å². The SMILES string of the molecule is O=C(Cc1ccccc1F)Nc1ccc(Nc2cc(Cl)cc(Cl)c2)nc1. The van der Waals surface area contributed by atoms with Crippen LogP contribution in [-0.4, -0.2) is 10.9 Å². The van der Waals surface area contributed by atoms with E-state index in [1.165, 1.54) is 12.3 Å². The first-order chi connectivity index (χ1) is 12.5. The van der Waals surface area contributed by atoms with Crippen LogP contribution in [0, 0.1) is 5.82 Å². The van der Waals surface area contributed by atoms with Gasteiger partial charge in [-0.1, -0.05) is 41.4 Å². The normalized spacial score (nSPS) is 10.4. The third kappa shape index (κ3) is 4.94. The van der Waals surface area contributed by atoms with Gasteiger partial charge in [-0.05, 0) is 42.0 Å². The zero-order valence-electron chi connectivity index (χ0n) is 13.5. The molecule has 132 valence electrons. The molecular formula is C19H14Cl2FN3O. The molecule has 0 aliphatic heterocycles. The van der Waals surface area contributed by atoms with Gasteiger partial charge in [0.05, 0.1) is 18.3 Å². The van der Waals surface area contributed by atoms with Gasteiger partial charge in [0.25, 0.3) is 0 Å². The average molecular weight is 390 g/mol. The van der Waals surface area contributed by atoms with Crippen molar-refractivity contribution >= 4 is 46.3 Å². The van der Waals surface area contributed by atoms with E-state index in [0.29, 0.717) is 32.8 Å². The summed E-state index contributed by atoms with van der Waals surface area (Å²) in [5.74, 6) is -0.157. The highest BCUT2D eigenvalue weighted by atomic mass is 35.5. The highest BCUT2D eigenvalue weighted by Crippen LogP contribution is 2.25. The van der Waals surface area contributed by atoms with E-state index in [0.717, 1.165) is 0 Å². The second-order valence-electron chi connectivity index (χ2n) is 5.53. The van der Waals surface area contributed by atoms with E-state index < -0.39 is 5.82 Å². The molecule has 0 fully saturated rings. The van der Waals surface area contributed by atoms with Crippen LogP contribution in [0.3, 0.4) is 0 Å². The molecule has 0 saturated heterocycles. The number of hydrogen-bond donors (Lipinski definition) is 2. The summed E-state index contributed by atoms with van der Waals surface area (Å²) in [6, 6.07) is 14.7. The Balaban J connectivity index is 1.62. The van der Waals surface area contributed by atoms with Crippen LogP contribution in [0.15, 0.2) is 60.8 Å². The van der Waals surface area contributed by atoms with Gasteiger partial charge in [0.1, 0.15) is 11.6 Å². The molecule has 26 heavy (non-hydrogen) atoms. The number of halogens is 3. The Morgan fingerprint density at radius 1 is 1.00 bits per heavy atom. The number of hydrogen-bond acceptors (Lipinski definition) is 3. The summed E-state index contributed by atoms with van der Waals surface area (Å²) in [5.41, 5.74) is 1.56. The number of aromatic nitrogens is 1. The molecule has 0 unspecified atom stereocenters. The van der Waals surface area contributed by atoms with Crippen LogP contribution in [0.5, 0.6) is 0 Å². The van der Waals surface area contributed by atoms with Crippen LogP contribution in [0.4, 0.5) is 21.6 Å². The van der Waals surface area contributed by atoms with E-state index in [2.05, 4.69) is 15.6 Å². The summed E-state index contributed by atoms with van der Waals surface area (Å²) in [6.45, 7) is 0. The fourth-order valence-corrected chi connectivity index (χ4v) is 2.86. The van der Waals surface area contributed by atoms with Crippen molar-refractivity contribution in [2.24, 2.45) is 0 Å². The monoisotopic (exact) mass is 389 g/mol. The van der Waals surface area contributed by atoms with Crippen LogP contribution in [0.25, 0.3) is 0 Å². The predicted octanol–water partition coefficient (Wildman–Crippen LogP) is 5.45. The van der Waals surface area contributed by atoms with Gasteiger partial charge in [0, 0.05) is 15.7 Å². The first-order valence-electron chi connectivity index (χ1n) is 7.72. The van der Waals surface area contributed by atoms with Crippen LogP contribution >= 0.6 is 23.2 Å². The van der Waals surface area contributed by atoms with Crippen molar-refractivity contribution < 1.29 is 9.18 Å². The molecule has 7 heteroatoms. The standard InChI is InChI=1S/C19H14Cl2FN3O/c20-13-8-14(21)10-16(9-13)24-18-6-5-15(11-23-18)25-19(26)7-12-3-1-2-4-17(12)22/h1-6,8-11H,7H2,(H,23,24)(H,25,26). The molecular weight excluding hydrogens is 376 g/mol. The predicted molar refractivity (Wildman–Crippen MR) is 103 cm³/mol. The molecule has 0 spiro atoms. The summed E-state index contributed by atoms with van der Waals surface area (Å²) in [6.07, 6.45) is 1.46. The third-order valence-electron chi connectivity index (χ3n) is 3.49. The molecule has 0 atom stereocenters. The van der Waals surface area contributed by atoms with Crippen molar-refractivity contribution in [3.05, 3.63) is 82.2 Å². The minimum Gasteiger partial charge on any atom is -0.340 e. The molecule has 0 aliphatic carbocycles. The van der Waals surface area contributed by atoms with Crippen molar-refractivity contribution in [3.63, 3.8) is 0 Å². The van der Waals surface area contributed by atoms with Gasteiger partial charge in [0.15, 0.2) is 0 Å². The summed E-state index contributed by atoms with van der Waals surface area (Å²) in [7, 11) is 0. The van der Waals surface area contributed by atoms with Crippen molar-refractivity contribution in [3.8, 4) is 0 Å². The number of pyridine rings is 1. The zero-order valence-corrected chi connectivity index (χ0v) is 15.0. The molecule has 1 heterocycles. The maximum absolute atomic E-state index is 13.6. The Kier molecular flexibility index (Phi) is 5.71. The van der Waals surface area contributed by atoms with Gasteiger partial charge in [-0.3, -0.25) is 4.79 Å². The highest BCUT2D eigenvalue weighted by Gasteiger charge is 2.08. The van der Waals surface area contributed by atoms with Crippen molar-refractivity contribution in [1.82, 2.24) is 4.98 Å². The van der Waals surface area contributed by atoms with Crippen molar-refractivity contribution in [2.75, 3.05) is 10.6 Å². The molecule has 0 bridgehead atoms. The number of amides is 1. The molecule has 2 aromatic carbocycles. The number of anilines is 3. The molecule has 0 aliphatic rings. The van der Waals surface area contributed by atoms with Gasteiger partial charge >= 0.3 is 0 Å². The van der Waals surface area contributed by atoms with Gasteiger partial charge in [-0.15, -0.1) is 0 Å². The van der Waals surface area contributed by atoms with Crippen LogP contribution < -0.4 is 10.6 Å². The minimum absolute atomic E-state index is 0.0479. The summed E-state index contributed by atoms with van der Waals surface area (Å²) >= 11 is 11.9. The number of nitrogens with zero attached hydrogens (tertiary/aromatic N) is 1. The smallest absolute Gasteiger partial charge is 0.228 e. The van der Waals surface area contributed by atoms with E-state index in [-0.39, 0.29) is 12.3 Å². The number of rotatable bonds is 5. The molecule has 0 saturated carbocycles. The topological polar surface area (TPSA) is 54.0 Å². The Bertz CT molecular complexity index is 912. The number of carbonyl (C=O) groups is 1. The molecule has 1 amide bonds. The Morgan fingerprint density at radius 3 is 2.38 bits per heavy atom. The third-order valence-corrected chi connectivity index (χ3v) is 3.93. The molecule has 2 N–H and O–H groups in total. The summed E-state index contributed by atoms with van der Waals surface area (Å²) < 4.78 is 13.6. The van der Waals surface area contributed by atoms with Gasteiger partial charge in [-0.2, -0.15) is 0 Å². The maximum Gasteiger partial charge on any atom is 0.228 e. The quantitative estimate of drug-likeness (QED) is 0.609. The molecule has 1 aromatic heterocycles. The zero-order chi connectivity index (χ0) is 18.5. The molecule has 3 rings (SSSR count). The lowest BCUT2D eigenvalue weighted by atomic mass is 10.1. The van der Waals surface area contributed by atoms with E-state index in [9.17, 15) is 9.18 Å². The number of nitrogens with one attached hydrogen (secondary N) is 2. The van der Waals surface area contributed by atoms with E-state index >= 15 is 0 Å². The lowest BCUT2D eigenvalue weighted by Crippen LogP contribution is -2.15. The summed E-state index contributed by atoms with van der Waals surface area (Å²) in [5, 5.41) is 6.78. The molecule has 0 radical (unpaired) electrons. The number of benzene rings is 2. The Morgan fingerprint density at radius 2 is 1.73 bits per heavy atom. The Labute approximate surface area is 160 Å². The van der Waals surface area contributed by atoms with Crippen LogP contribution in [0.1, 0.15) is 5.56 Å². The maximum atomic E-state index is 13.6. The van der Waals surface area contributed by atoms with Gasteiger partial charge < -0.3 is 10.6 Å². The number of carbonyl (C=O) groups excluding carboxylic acids is 1. The van der Waals surface area contributed by atoms with Crippen molar-refractivity contribution in [2.45, 2.75) is 6.42 Å². The van der Waals surface area contributed by atoms with Crippen LogP contribution in [0.2, 0.25) is 10.0 Å². The van der Waals surface area contributed by atoms with E-state index in [1.807, 2.05) is 0 Å². The second-order valence-corrected chi connectivity index (χ2v) is 6.40. The minimum atomic E-state index is -0.402. The second kappa shape index (κ2) is 8.17. The first-order valence-corrected chi connectivity index (χ1v) is 8.47. The Hall–Kier alpha value is -2.63. The largest absolute Gasteiger partial charge is 0.340 e.